The number of rotatable bonds is 17. The molecule has 0 radical (unpaired) electrons. The van der Waals surface area contributed by atoms with E-state index in [0.717, 1.165) is 12.8 Å². The van der Waals surface area contributed by atoms with E-state index < -0.39 is 35.8 Å². The number of carbonyl (C=O) groups is 4. The molecule has 326 valence electrons. The third-order valence-electron chi connectivity index (χ3n) is 12.9. The van der Waals surface area contributed by atoms with Crippen LogP contribution in [0.25, 0.3) is 33.7 Å². The number of benzene rings is 2. The van der Waals surface area contributed by atoms with Crippen molar-refractivity contribution in [3.8, 4) is 11.6 Å². The van der Waals surface area contributed by atoms with E-state index in [9.17, 15) is 28.0 Å². The number of likely N-dealkylation sites (N-methyl/N-ethyl adjacent to an activating group) is 2. The lowest BCUT2D eigenvalue weighted by molar-refractivity contribution is -0.139. The molecule has 4 amide bonds. The maximum atomic E-state index is 14.8. The smallest absolute Gasteiger partial charge is 0.245 e. The van der Waals surface area contributed by atoms with Crippen LogP contribution in [0.15, 0.2) is 36.4 Å². The predicted molar refractivity (Wildman–Crippen MR) is 228 cm³/mol. The van der Waals surface area contributed by atoms with E-state index in [4.69, 9.17) is 9.97 Å². The summed E-state index contributed by atoms with van der Waals surface area (Å²) in [6.07, 6.45) is 4.29. The van der Waals surface area contributed by atoms with E-state index in [1.807, 2.05) is 46.6 Å². The summed E-state index contributed by atoms with van der Waals surface area (Å²) < 4.78 is 33.6. The number of aromatic nitrogens is 4. The van der Waals surface area contributed by atoms with Gasteiger partial charge in [-0.3, -0.25) is 19.2 Å². The fraction of sp³-hybridized carbons (Fsp3) is 0.591. The van der Waals surface area contributed by atoms with E-state index in [2.05, 4.69) is 21.3 Å². The van der Waals surface area contributed by atoms with Crippen LogP contribution < -0.4 is 21.3 Å². The second-order valence-electron chi connectivity index (χ2n) is 16.8. The first-order chi connectivity index (χ1) is 28.7. The van der Waals surface area contributed by atoms with Crippen LogP contribution >= 0.6 is 0 Å². The normalized spacial score (nSPS) is 20.0. The first kappa shape index (κ1) is 44.6. The molecular weight excluding hydrogens is 771 g/mol. The van der Waals surface area contributed by atoms with Crippen LogP contribution in [-0.2, 0) is 32.3 Å². The average molecular weight is 833 g/mol. The quantitative estimate of drug-likeness (QED) is 0.120. The lowest BCUT2D eigenvalue weighted by atomic mass is 9.97. The van der Waals surface area contributed by atoms with Crippen LogP contribution in [0.1, 0.15) is 80.1 Å². The van der Waals surface area contributed by atoms with Crippen LogP contribution in [-0.4, -0.2) is 116 Å². The third-order valence-corrected chi connectivity index (χ3v) is 12.9. The molecule has 60 heavy (non-hydrogen) atoms. The van der Waals surface area contributed by atoms with Gasteiger partial charge in [-0.05, 0) is 89.7 Å². The predicted octanol–water partition coefficient (Wildman–Crippen LogP) is 4.59. The second-order valence-corrected chi connectivity index (χ2v) is 16.8. The molecule has 4 N–H and O–H groups in total. The Labute approximate surface area is 351 Å². The van der Waals surface area contributed by atoms with Gasteiger partial charge in [0.15, 0.2) is 11.6 Å². The number of halogens is 2. The van der Waals surface area contributed by atoms with Gasteiger partial charge in [0, 0.05) is 50.4 Å². The lowest BCUT2D eigenvalue weighted by Crippen LogP contribution is -2.56. The number of amides is 4. The van der Waals surface area contributed by atoms with Gasteiger partial charge in [-0.15, -0.1) is 0 Å². The molecule has 4 aromatic rings. The minimum Gasteiger partial charge on any atom is -0.343 e. The molecule has 2 aliphatic heterocycles. The van der Waals surface area contributed by atoms with Gasteiger partial charge >= 0.3 is 0 Å². The number of nitrogens with one attached hydrogen (secondary N) is 4. The first-order valence-electron chi connectivity index (χ1n) is 21.6. The molecule has 4 heterocycles. The third kappa shape index (κ3) is 9.19. The summed E-state index contributed by atoms with van der Waals surface area (Å²) in [4.78, 5) is 68.5. The molecule has 0 aliphatic carbocycles. The molecule has 2 fully saturated rings. The number of carbonyl (C=O) groups excluding carboxylic acids is 4. The Hall–Kier alpha value is -4.96. The van der Waals surface area contributed by atoms with Crippen molar-refractivity contribution in [1.82, 2.24) is 50.2 Å². The molecule has 0 spiro atoms. The van der Waals surface area contributed by atoms with Crippen LogP contribution in [0.4, 0.5) is 8.78 Å². The molecule has 16 heteroatoms. The van der Waals surface area contributed by atoms with Gasteiger partial charge in [0.25, 0.3) is 0 Å². The van der Waals surface area contributed by atoms with Crippen LogP contribution in [0.3, 0.4) is 0 Å². The number of hydrogen-bond donors (Lipinski definition) is 4. The molecule has 2 saturated heterocycles. The Balaban J connectivity index is 1.39. The largest absolute Gasteiger partial charge is 0.343 e. The highest BCUT2D eigenvalue weighted by Crippen LogP contribution is 2.33. The van der Waals surface area contributed by atoms with E-state index in [1.165, 1.54) is 24.3 Å². The summed E-state index contributed by atoms with van der Waals surface area (Å²) >= 11 is 0. The number of imidazole rings is 2. The molecule has 0 bridgehead atoms. The van der Waals surface area contributed by atoms with Gasteiger partial charge in [-0.2, -0.15) is 0 Å². The van der Waals surface area contributed by atoms with E-state index >= 15 is 0 Å². The van der Waals surface area contributed by atoms with Crippen molar-refractivity contribution in [2.75, 3.05) is 27.2 Å². The Morgan fingerprint density at radius 2 is 1.05 bits per heavy atom. The van der Waals surface area contributed by atoms with Crippen molar-refractivity contribution >= 4 is 45.7 Å². The van der Waals surface area contributed by atoms with Crippen LogP contribution in [0.2, 0.25) is 0 Å². The first-order valence-corrected chi connectivity index (χ1v) is 21.6. The monoisotopic (exact) mass is 832 g/mol. The van der Waals surface area contributed by atoms with Crippen molar-refractivity contribution in [1.29, 1.82) is 0 Å². The van der Waals surface area contributed by atoms with E-state index in [1.54, 1.807) is 40.1 Å². The Bertz CT molecular complexity index is 2040. The van der Waals surface area contributed by atoms with Gasteiger partial charge in [0.2, 0.25) is 23.6 Å². The molecule has 6 rings (SSSR count). The molecule has 0 saturated carbocycles. The van der Waals surface area contributed by atoms with Crippen LogP contribution in [0, 0.1) is 23.5 Å². The second kappa shape index (κ2) is 19.2. The maximum absolute atomic E-state index is 14.8. The summed E-state index contributed by atoms with van der Waals surface area (Å²) in [5.74, 6) is -1.11. The van der Waals surface area contributed by atoms with Gasteiger partial charge in [-0.25, -0.2) is 18.7 Å². The van der Waals surface area contributed by atoms with Gasteiger partial charge < -0.3 is 40.2 Å². The highest BCUT2D eigenvalue weighted by molar-refractivity contribution is 5.91. The SMILES string of the molecule is CCC(C)[C@@H](NC(=O)[C@@H](C)NC)C(=O)N1CCC[C@H]1Cn1c(-c2nc3cc(F)ccc3n2C[C@@H]2CCCN2C(=O)[C@H](NC(=O)[C@@H](C)NC)C(C)CC)nc2cc(F)ccc21. The molecule has 8 atom stereocenters. The highest BCUT2D eigenvalue weighted by Gasteiger charge is 2.39. The summed E-state index contributed by atoms with van der Waals surface area (Å²) in [6.45, 7) is 13.1. The van der Waals surface area contributed by atoms with Crippen molar-refractivity contribution in [2.45, 2.75) is 129 Å². The topological polar surface area (TPSA) is 159 Å². The van der Waals surface area contributed by atoms with Crippen molar-refractivity contribution in [3.63, 3.8) is 0 Å². The fourth-order valence-corrected chi connectivity index (χ4v) is 8.51. The zero-order valence-corrected chi connectivity index (χ0v) is 36.2. The molecule has 2 aliphatic rings. The fourth-order valence-electron chi connectivity index (χ4n) is 8.51. The highest BCUT2D eigenvalue weighted by atomic mass is 19.1. The number of fused-ring (bicyclic) bond motifs is 2. The summed E-state index contributed by atoms with van der Waals surface area (Å²) in [5.41, 5.74) is 2.09. The zero-order valence-electron chi connectivity index (χ0n) is 36.2. The molecule has 14 nitrogen and oxygen atoms in total. The summed E-state index contributed by atoms with van der Waals surface area (Å²) in [6, 6.07) is 5.89. The zero-order chi connectivity index (χ0) is 43.4. The minimum atomic E-state index is -0.719. The lowest BCUT2D eigenvalue weighted by Gasteiger charge is -2.33. The molecule has 2 aromatic heterocycles. The average Bonchev–Trinajstić information content (AvgIpc) is 4.06. The molecule has 2 unspecified atom stereocenters. The van der Waals surface area contributed by atoms with Gasteiger partial charge in [0.1, 0.15) is 23.7 Å². The number of nitrogens with zero attached hydrogens (tertiary/aromatic N) is 6. The number of likely N-dealkylation sites (tertiary alicyclic amines) is 2. The Kier molecular flexibility index (Phi) is 14.3. The Morgan fingerprint density at radius 3 is 1.40 bits per heavy atom. The maximum Gasteiger partial charge on any atom is 0.245 e. The van der Waals surface area contributed by atoms with E-state index in [0.29, 0.717) is 85.6 Å². The molecular formula is C44H62F2N10O4. The summed E-state index contributed by atoms with van der Waals surface area (Å²) in [5, 5.41) is 11.9. The van der Waals surface area contributed by atoms with Gasteiger partial charge in [-0.1, -0.05) is 40.5 Å². The Morgan fingerprint density at radius 1 is 0.667 bits per heavy atom. The van der Waals surface area contributed by atoms with Crippen molar-refractivity contribution in [2.24, 2.45) is 11.8 Å². The number of hydrogen-bond acceptors (Lipinski definition) is 8. The summed E-state index contributed by atoms with van der Waals surface area (Å²) in [7, 11) is 3.40. The standard InChI is InChI=1S/C44H62F2N10O4/c1-9-25(3)37(51-41(57)27(5)47-7)43(59)53-19-11-13-31(53)23-55-35-17-15-29(45)21-33(35)49-39(55)40-50-34-22-30(46)16-18-36(34)56(40)24-32-14-12-20-54(32)44(60)38(26(4)10-2)52-42(58)28(6)48-8/h15-18,21-22,25-28,31-32,37-38,47-48H,9-14,19-20,23-24H2,1-8H3,(H,51,57)(H,52,58)/t25?,26?,27-,28-,31+,32+,37-,38-/m1/s1. The molecule has 2 aromatic carbocycles. The minimum absolute atomic E-state index is 0.115. The van der Waals surface area contributed by atoms with Crippen molar-refractivity contribution in [3.05, 3.63) is 48.0 Å². The van der Waals surface area contributed by atoms with E-state index in [-0.39, 0.29) is 47.5 Å². The van der Waals surface area contributed by atoms with Crippen molar-refractivity contribution < 1.29 is 28.0 Å². The van der Waals surface area contributed by atoms with Gasteiger partial charge in [0.05, 0.1) is 34.2 Å². The van der Waals surface area contributed by atoms with Crippen LogP contribution in [0.5, 0.6) is 0 Å².